The van der Waals surface area contributed by atoms with E-state index in [9.17, 15) is 31.2 Å². The average molecular weight is 426 g/mol. The molecule has 0 unspecified atom stereocenters. The van der Waals surface area contributed by atoms with Crippen LogP contribution in [-0.2, 0) is 21.0 Å². The molecule has 0 aromatic heterocycles. The van der Waals surface area contributed by atoms with Crippen molar-refractivity contribution in [2.45, 2.75) is 20.0 Å². The zero-order valence-corrected chi connectivity index (χ0v) is 16.3. The molecule has 2 aromatic carbocycles. The molecule has 0 bridgehead atoms. The van der Waals surface area contributed by atoms with Crippen LogP contribution < -0.4 is 9.62 Å². The van der Waals surface area contributed by atoms with Gasteiger partial charge in [0.2, 0.25) is 15.9 Å². The van der Waals surface area contributed by atoms with Gasteiger partial charge in [0.05, 0.1) is 28.1 Å². The fraction of sp³-hybridized carbons (Fsp3) is 0.263. The summed E-state index contributed by atoms with van der Waals surface area (Å²) in [6, 6.07) is 9.57. The number of sulfonamides is 1. The van der Waals surface area contributed by atoms with Crippen molar-refractivity contribution in [3.8, 4) is 0 Å². The number of para-hydroxylation sites is 1. The SMILES string of the molecule is CC1(C)CS(=O)(=O)N(c2ccc(C(=O)Nc3ccccc3C(F)(F)F)cc2)C1=O. The first-order valence-corrected chi connectivity index (χ1v) is 10.1. The number of rotatable bonds is 3. The Labute approximate surface area is 165 Å². The molecule has 10 heteroatoms. The zero-order valence-electron chi connectivity index (χ0n) is 15.4. The van der Waals surface area contributed by atoms with E-state index in [-0.39, 0.29) is 17.0 Å². The second-order valence-corrected chi connectivity index (χ2v) is 9.07. The lowest BCUT2D eigenvalue weighted by molar-refractivity contribution is -0.137. The molecule has 6 nitrogen and oxygen atoms in total. The first kappa shape index (κ1) is 20.8. The van der Waals surface area contributed by atoms with Crippen molar-refractivity contribution in [2.75, 3.05) is 15.4 Å². The van der Waals surface area contributed by atoms with Crippen LogP contribution in [0.3, 0.4) is 0 Å². The lowest BCUT2D eigenvalue weighted by Gasteiger charge is -2.18. The van der Waals surface area contributed by atoms with Gasteiger partial charge in [0.1, 0.15) is 0 Å². The van der Waals surface area contributed by atoms with Gasteiger partial charge < -0.3 is 5.32 Å². The summed E-state index contributed by atoms with van der Waals surface area (Å²) in [7, 11) is -3.84. The molecule has 2 amide bonds. The van der Waals surface area contributed by atoms with Gasteiger partial charge >= 0.3 is 6.18 Å². The van der Waals surface area contributed by atoms with E-state index in [0.29, 0.717) is 4.31 Å². The minimum atomic E-state index is -4.63. The standard InChI is InChI=1S/C19H17F3N2O4S/c1-18(2)11-29(27,28)24(17(18)26)13-9-7-12(8-10-13)16(25)23-15-6-4-3-5-14(15)19(20,21)22/h3-10H,11H2,1-2H3,(H,23,25). The molecule has 0 spiro atoms. The highest BCUT2D eigenvalue weighted by Crippen LogP contribution is 2.36. The lowest BCUT2D eigenvalue weighted by atomic mass is 9.95. The van der Waals surface area contributed by atoms with Crippen molar-refractivity contribution < 1.29 is 31.2 Å². The summed E-state index contributed by atoms with van der Waals surface area (Å²) in [5.74, 6) is -1.73. The van der Waals surface area contributed by atoms with E-state index in [1.54, 1.807) is 0 Å². The van der Waals surface area contributed by atoms with E-state index in [2.05, 4.69) is 5.32 Å². The molecule has 3 rings (SSSR count). The quantitative estimate of drug-likeness (QED) is 0.812. The number of halogens is 3. The van der Waals surface area contributed by atoms with Crippen LogP contribution in [0.15, 0.2) is 48.5 Å². The molecule has 0 saturated carbocycles. The van der Waals surface area contributed by atoms with Crippen LogP contribution in [0.1, 0.15) is 29.8 Å². The Morgan fingerprint density at radius 1 is 1.07 bits per heavy atom. The first-order chi connectivity index (χ1) is 13.3. The molecule has 0 aliphatic carbocycles. The lowest BCUT2D eigenvalue weighted by Crippen LogP contribution is -2.32. The summed E-state index contributed by atoms with van der Waals surface area (Å²) >= 11 is 0. The smallest absolute Gasteiger partial charge is 0.321 e. The predicted octanol–water partition coefficient (Wildman–Crippen LogP) is 3.66. The van der Waals surface area contributed by atoms with E-state index in [1.165, 1.54) is 50.2 Å². The van der Waals surface area contributed by atoms with Crippen LogP contribution in [0, 0.1) is 5.41 Å². The zero-order chi connectivity index (χ0) is 21.6. The monoisotopic (exact) mass is 426 g/mol. The van der Waals surface area contributed by atoms with Gasteiger partial charge in [0.25, 0.3) is 5.91 Å². The van der Waals surface area contributed by atoms with E-state index >= 15 is 0 Å². The number of carbonyl (C=O) groups is 2. The number of amides is 2. The third-order valence-corrected chi connectivity index (χ3v) is 6.45. The Hall–Kier alpha value is -2.88. The summed E-state index contributed by atoms with van der Waals surface area (Å²) in [4.78, 5) is 24.7. The minimum absolute atomic E-state index is 0.00836. The van der Waals surface area contributed by atoms with Crippen molar-refractivity contribution in [3.05, 3.63) is 59.7 Å². The maximum absolute atomic E-state index is 13.1. The molecule has 1 aliphatic rings. The summed E-state index contributed by atoms with van der Waals surface area (Å²) in [5.41, 5.74) is -2.38. The summed E-state index contributed by atoms with van der Waals surface area (Å²) in [6.45, 7) is 3.04. The number of carbonyl (C=O) groups excluding carboxylic acids is 2. The summed E-state index contributed by atoms with van der Waals surface area (Å²) in [6.07, 6.45) is -4.63. The van der Waals surface area contributed by atoms with Gasteiger partial charge in [0.15, 0.2) is 0 Å². The largest absolute Gasteiger partial charge is 0.418 e. The van der Waals surface area contributed by atoms with Crippen LogP contribution in [0.5, 0.6) is 0 Å². The number of benzene rings is 2. The van der Waals surface area contributed by atoms with E-state index in [1.807, 2.05) is 0 Å². The third kappa shape index (κ3) is 3.98. The highest BCUT2D eigenvalue weighted by atomic mass is 32.2. The third-order valence-electron chi connectivity index (χ3n) is 4.43. The van der Waals surface area contributed by atoms with E-state index in [0.717, 1.165) is 12.1 Å². The van der Waals surface area contributed by atoms with Crippen molar-refractivity contribution in [2.24, 2.45) is 5.41 Å². The fourth-order valence-electron chi connectivity index (χ4n) is 3.04. The molecule has 1 aliphatic heterocycles. The highest BCUT2D eigenvalue weighted by molar-refractivity contribution is 7.94. The molecule has 1 fully saturated rings. The fourth-order valence-corrected chi connectivity index (χ4v) is 5.15. The summed E-state index contributed by atoms with van der Waals surface area (Å²) in [5, 5.41) is 2.20. The number of alkyl halides is 3. The van der Waals surface area contributed by atoms with Crippen LogP contribution in [-0.4, -0.2) is 26.0 Å². The second-order valence-electron chi connectivity index (χ2n) is 7.25. The number of hydrogen-bond donors (Lipinski definition) is 1. The van der Waals surface area contributed by atoms with Gasteiger partial charge in [-0.25, -0.2) is 12.7 Å². The summed E-state index contributed by atoms with van der Waals surface area (Å²) < 4.78 is 64.4. The van der Waals surface area contributed by atoms with Crippen molar-refractivity contribution >= 4 is 33.2 Å². The first-order valence-electron chi connectivity index (χ1n) is 8.48. The molecule has 1 N–H and O–H groups in total. The molecular formula is C19H17F3N2O4S. The topological polar surface area (TPSA) is 83.6 Å². The van der Waals surface area contributed by atoms with Gasteiger partial charge in [0, 0.05) is 5.56 Å². The van der Waals surface area contributed by atoms with Gasteiger partial charge in [-0.3, -0.25) is 9.59 Å². The maximum Gasteiger partial charge on any atom is 0.418 e. The molecule has 0 atom stereocenters. The van der Waals surface area contributed by atoms with Crippen LogP contribution in [0.25, 0.3) is 0 Å². The molecule has 1 saturated heterocycles. The molecule has 29 heavy (non-hydrogen) atoms. The number of nitrogens with zero attached hydrogens (tertiary/aromatic N) is 1. The molecule has 1 heterocycles. The number of nitrogens with one attached hydrogen (secondary N) is 1. The van der Waals surface area contributed by atoms with Crippen molar-refractivity contribution in [1.82, 2.24) is 0 Å². The van der Waals surface area contributed by atoms with E-state index in [4.69, 9.17) is 0 Å². The van der Waals surface area contributed by atoms with Gasteiger partial charge in [-0.05, 0) is 50.2 Å². The van der Waals surface area contributed by atoms with Gasteiger partial charge in [-0.1, -0.05) is 12.1 Å². The van der Waals surface area contributed by atoms with Crippen LogP contribution >= 0.6 is 0 Å². The second kappa shape index (κ2) is 6.87. The molecule has 154 valence electrons. The highest BCUT2D eigenvalue weighted by Gasteiger charge is 2.49. The van der Waals surface area contributed by atoms with Gasteiger partial charge in [-0.2, -0.15) is 13.2 Å². The Morgan fingerprint density at radius 3 is 2.17 bits per heavy atom. The normalized spacial score (nSPS) is 18.0. The van der Waals surface area contributed by atoms with Crippen LogP contribution in [0.2, 0.25) is 0 Å². The minimum Gasteiger partial charge on any atom is -0.321 e. The molecular weight excluding hydrogens is 409 g/mol. The average Bonchev–Trinajstić information content (AvgIpc) is 2.77. The number of hydrogen-bond acceptors (Lipinski definition) is 4. The van der Waals surface area contributed by atoms with Crippen molar-refractivity contribution in [1.29, 1.82) is 0 Å². The van der Waals surface area contributed by atoms with Crippen molar-refractivity contribution in [3.63, 3.8) is 0 Å². The Balaban J connectivity index is 1.85. The van der Waals surface area contributed by atoms with E-state index < -0.39 is 44.7 Å². The Morgan fingerprint density at radius 2 is 1.66 bits per heavy atom. The molecule has 0 radical (unpaired) electrons. The number of anilines is 2. The molecule has 2 aromatic rings. The Kier molecular flexibility index (Phi) is 4.94. The predicted molar refractivity (Wildman–Crippen MR) is 101 cm³/mol. The Bertz CT molecular complexity index is 1080. The maximum atomic E-state index is 13.1. The van der Waals surface area contributed by atoms with Gasteiger partial charge in [-0.15, -0.1) is 0 Å². The van der Waals surface area contributed by atoms with Crippen LogP contribution in [0.4, 0.5) is 24.5 Å².